The van der Waals surface area contributed by atoms with Gasteiger partial charge in [0.15, 0.2) is 5.11 Å². The molecule has 0 unspecified atom stereocenters. The van der Waals surface area contributed by atoms with Crippen LogP contribution in [0.15, 0.2) is 42.5 Å². The summed E-state index contributed by atoms with van der Waals surface area (Å²) in [6.45, 7) is 1.77. The zero-order valence-electron chi connectivity index (χ0n) is 15.3. The van der Waals surface area contributed by atoms with Crippen LogP contribution in [0.5, 0.6) is 0 Å². The van der Waals surface area contributed by atoms with E-state index in [0.29, 0.717) is 10.7 Å². The fourth-order valence-electron chi connectivity index (χ4n) is 2.18. The Morgan fingerprint density at radius 3 is 2.34 bits per heavy atom. The number of benzene rings is 2. The molecular formula is C19H18ClFN4O3S. The largest absolute Gasteiger partial charge is 0.326 e. The van der Waals surface area contributed by atoms with Gasteiger partial charge in [-0.1, -0.05) is 17.7 Å². The van der Waals surface area contributed by atoms with E-state index in [4.69, 9.17) is 23.8 Å². The van der Waals surface area contributed by atoms with E-state index in [1.807, 2.05) is 0 Å². The molecule has 10 heteroatoms. The van der Waals surface area contributed by atoms with Gasteiger partial charge in [-0.15, -0.1) is 0 Å². The van der Waals surface area contributed by atoms with Gasteiger partial charge in [-0.05, 0) is 61.1 Å². The highest BCUT2D eigenvalue weighted by atomic mass is 35.5. The summed E-state index contributed by atoms with van der Waals surface area (Å²) < 4.78 is 12.9. The van der Waals surface area contributed by atoms with Gasteiger partial charge >= 0.3 is 0 Å². The predicted molar refractivity (Wildman–Crippen MR) is 112 cm³/mol. The van der Waals surface area contributed by atoms with Crippen LogP contribution in [0.25, 0.3) is 0 Å². The van der Waals surface area contributed by atoms with Crippen LogP contribution in [-0.4, -0.2) is 22.8 Å². The minimum absolute atomic E-state index is 0.0613. The molecule has 0 atom stereocenters. The second kappa shape index (κ2) is 10.5. The molecule has 2 aromatic rings. The van der Waals surface area contributed by atoms with Crippen molar-refractivity contribution in [3.05, 3.63) is 64.4 Å². The molecule has 0 fully saturated rings. The quantitative estimate of drug-likeness (QED) is 0.426. The normalized spacial score (nSPS) is 10.0. The minimum atomic E-state index is -0.562. The van der Waals surface area contributed by atoms with Gasteiger partial charge in [0.05, 0.1) is 0 Å². The van der Waals surface area contributed by atoms with E-state index in [-0.39, 0.29) is 29.4 Å². The van der Waals surface area contributed by atoms with Crippen molar-refractivity contribution >= 4 is 52.3 Å². The van der Waals surface area contributed by atoms with Gasteiger partial charge in [0.25, 0.3) is 5.91 Å². The summed E-state index contributed by atoms with van der Waals surface area (Å²) in [6, 6.07) is 10.0. The van der Waals surface area contributed by atoms with E-state index < -0.39 is 17.6 Å². The standard InChI is InChI=1S/C19H18ClFN4O3S/c1-11-14(20)3-2-4-15(11)22-16(26)9-10-17(27)24-25-19(29)23-18(28)12-5-7-13(21)8-6-12/h2-8H,9-10H2,1H3,(H,22,26)(H,24,27)(H2,23,25,28,29). The molecule has 0 bridgehead atoms. The van der Waals surface area contributed by atoms with Crippen LogP contribution >= 0.6 is 23.8 Å². The molecule has 29 heavy (non-hydrogen) atoms. The van der Waals surface area contributed by atoms with Crippen LogP contribution in [0.2, 0.25) is 5.02 Å². The molecule has 2 aromatic carbocycles. The van der Waals surface area contributed by atoms with E-state index >= 15 is 0 Å². The summed E-state index contributed by atoms with van der Waals surface area (Å²) in [5.74, 6) is -1.88. The van der Waals surface area contributed by atoms with Crippen molar-refractivity contribution in [3.63, 3.8) is 0 Å². The van der Waals surface area contributed by atoms with Crippen molar-refractivity contribution in [2.45, 2.75) is 19.8 Å². The minimum Gasteiger partial charge on any atom is -0.326 e. The number of anilines is 1. The number of carbonyl (C=O) groups excluding carboxylic acids is 3. The van der Waals surface area contributed by atoms with Crippen molar-refractivity contribution in [1.82, 2.24) is 16.2 Å². The van der Waals surface area contributed by atoms with Gasteiger partial charge in [0, 0.05) is 29.1 Å². The number of amides is 3. The van der Waals surface area contributed by atoms with Gasteiger partial charge in [-0.3, -0.25) is 30.6 Å². The monoisotopic (exact) mass is 436 g/mol. The summed E-state index contributed by atoms with van der Waals surface area (Å²) in [6.07, 6.45) is -0.166. The molecule has 0 saturated carbocycles. The highest BCUT2D eigenvalue weighted by Gasteiger charge is 2.11. The summed E-state index contributed by atoms with van der Waals surface area (Å²) in [4.78, 5) is 35.7. The topological polar surface area (TPSA) is 99.3 Å². The zero-order valence-corrected chi connectivity index (χ0v) is 16.9. The number of carbonyl (C=O) groups is 3. The second-order valence-electron chi connectivity index (χ2n) is 5.92. The molecule has 0 aliphatic rings. The molecule has 0 aromatic heterocycles. The van der Waals surface area contributed by atoms with Crippen molar-refractivity contribution in [2.24, 2.45) is 0 Å². The highest BCUT2D eigenvalue weighted by molar-refractivity contribution is 7.80. The van der Waals surface area contributed by atoms with Crippen molar-refractivity contribution in [2.75, 3.05) is 5.32 Å². The predicted octanol–water partition coefficient (Wildman–Crippen LogP) is 2.84. The maximum Gasteiger partial charge on any atom is 0.257 e. The lowest BCUT2D eigenvalue weighted by molar-refractivity contribution is -0.124. The van der Waals surface area contributed by atoms with E-state index in [0.717, 1.165) is 17.7 Å². The first-order chi connectivity index (χ1) is 13.8. The number of nitrogens with one attached hydrogen (secondary N) is 4. The number of halogens is 2. The lowest BCUT2D eigenvalue weighted by Gasteiger charge is -2.11. The van der Waals surface area contributed by atoms with E-state index in [9.17, 15) is 18.8 Å². The number of hydrogen-bond acceptors (Lipinski definition) is 4. The van der Waals surface area contributed by atoms with Crippen LogP contribution in [-0.2, 0) is 9.59 Å². The summed E-state index contributed by atoms with van der Waals surface area (Å²) in [5, 5.41) is 5.40. The smallest absolute Gasteiger partial charge is 0.257 e. The van der Waals surface area contributed by atoms with E-state index in [2.05, 4.69) is 21.5 Å². The van der Waals surface area contributed by atoms with Gasteiger partial charge in [0.1, 0.15) is 5.82 Å². The average molecular weight is 437 g/mol. The molecule has 0 spiro atoms. The summed E-state index contributed by atoms with van der Waals surface area (Å²) in [7, 11) is 0. The Balaban J connectivity index is 1.71. The summed E-state index contributed by atoms with van der Waals surface area (Å²) >= 11 is 10.9. The van der Waals surface area contributed by atoms with Crippen LogP contribution in [0.4, 0.5) is 10.1 Å². The first kappa shape index (κ1) is 22.3. The lowest BCUT2D eigenvalue weighted by Crippen LogP contribution is -2.48. The SMILES string of the molecule is Cc1c(Cl)cccc1NC(=O)CCC(=O)NNC(=S)NC(=O)c1ccc(F)cc1. The number of rotatable bonds is 5. The maximum absolute atomic E-state index is 12.9. The van der Waals surface area contributed by atoms with E-state index in [1.165, 1.54) is 12.1 Å². The van der Waals surface area contributed by atoms with Gasteiger partial charge in [0.2, 0.25) is 11.8 Å². The fourth-order valence-corrected chi connectivity index (χ4v) is 2.50. The van der Waals surface area contributed by atoms with Crippen LogP contribution in [0.3, 0.4) is 0 Å². The Morgan fingerprint density at radius 2 is 1.66 bits per heavy atom. The molecule has 0 aliphatic heterocycles. The fraction of sp³-hybridized carbons (Fsp3) is 0.158. The van der Waals surface area contributed by atoms with Crippen molar-refractivity contribution in [3.8, 4) is 0 Å². The lowest BCUT2D eigenvalue weighted by atomic mass is 10.2. The zero-order chi connectivity index (χ0) is 21.4. The summed E-state index contributed by atoms with van der Waals surface area (Å²) in [5.41, 5.74) is 6.15. The molecule has 3 amide bonds. The van der Waals surface area contributed by atoms with Crippen molar-refractivity contribution < 1.29 is 18.8 Å². The molecule has 7 nitrogen and oxygen atoms in total. The molecular weight excluding hydrogens is 419 g/mol. The second-order valence-corrected chi connectivity index (χ2v) is 6.74. The van der Waals surface area contributed by atoms with Gasteiger partial charge in [-0.2, -0.15) is 0 Å². The molecule has 4 N–H and O–H groups in total. The third-order valence-corrected chi connectivity index (χ3v) is 4.38. The van der Waals surface area contributed by atoms with Gasteiger partial charge in [-0.25, -0.2) is 4.39 Å². The Hall–Kier alpha value is -3.04. The Morgan fingerprint density at radius 1 is 1.00 bits per heavy atom. The first-order valence-electron chi connectivity index (χ1n) is 8.47. The van der Waals surface area contributed by atoms with E-state index in [1.54, 1.807) is 25.1 Å². The third kappa shape index (κ3) is 7.13. The Labute approximate surface area is 177 Å². The number of hydrogen-bond donors (Lipinski definition) is 4. The maximum atomic E-state index is 12.9. The molecule has 0 saturated heterocycles. The van der Waals surface area contributed by atoms with Crippen molar-refractivity contribution in [1.29, 1.82) is 0 Å². The molecule has 0 heterocycles. The number of thiocarbonyl (C=S) groups is 1. The third-order valence-electron chi connectivity index (χ3n) is 3.77. The van der Waals surface area contributed by atoms with Gasteiger partial charge < -0.3 is 5.32 Å². The molecule has 2 rings (SSSR count). The van der Waals surface area contributed by atoms with Crippen LogP contribution in [0, 0.1) is 12.7 Å². The Bertz CT molecular complexity index is 938. The highest BCUT2D eigenvalue weighted by Crippen LogP contribution is 2.23. The van der Waals surface area contributed by atoms with Crippen LogP contribution < -0.4 is 21.5 Å². The first-order valence-corrected chi connectivity index (χ1v) is 9.25. The number of hydrazine groups is 1. The molecule has 0 radical (unpaired) electrons. The molecule has 0 aliphatic carbocycles. The average Bonchev–Trinajstić information content (AvgIpc) is 2.68. The molecule has 152 valence electrons. The Kier molecular flexibility index (Phi) is 8.05. The van der Waals surface area contributed by atoms with Crippen LogP contribution in [0.1, 0.15) is 28.8 Å².